The molecule has 0 radical (unpaired) electrons. The Morgan fingerprint density at radius 3 is 2.95 bits per heavy atom. The van der Waals surface area contributed by atoms with Crippen LogP contribution in [0.3, 0.4) is 0 Å². The largest absolute Gasteiger partial charge is 0.465 e. The second-order valence-electron chi connectivity index (χ2n) is 3.90. The Morgan fingerprint density at radius 1 is 1.37 bits per heavy atom. The number of esters is 1. The highest BCUT2D eigenvalue weighted by Crippen LogP contribution is 2.20. The highest BCUT2D eigenvalue weighted by molar-refractivity contribution is 5.89. The molecule has 0 N–H and O–H groups in total. The van der Waals surface area contributed by atoms with Gasteiger partial charge >= 0.3 is 5.97 Å². The summed E-state index contributed by atoms with van der Waals surface area (Å²) in [5.41, 5.74) is 0.938. The Kier molecular flexibility index (Phi) is 3.96. The molecule has 96 valence electrons. The van der Waals surface area contributed by atoms with E-state index in [0.29, 0.717) is 29.1 Å². The zero-order valence-electron chi connectivity index (χ0n) is 10.4. The number of benzene rings is 1. The number of ether oxygens (including phenoxy) is 2. The molecule has 0 spiro atoms. The molecule has 0 aromatic heterocycles. The quantitative estimate of drug-likeness (QED) is 0.615. The van der Waals surface area contributed by atoms with E-state index in [1.54, 1.807) is 36.4 Å². The van der Waals surface area contributed by atoms with Gasteiger partial charge in [-0.3, -0.25) is 0 Å². The summed E-state index contributed by atoms with van der Waals surface area (Å²) in [6, 6.07) is 6.64. The number of carbonyl (C=O) groups excluding carboxylic acids is 2. The van der Waals surface area contributed by atoms with E-state index in [-0.39, 0.29) is 0 Å². The van der Waals surface area contributed by atoms with Gasteiger partial charge in [0.1, 0.15) is 17.5 Å². The van der Waals surface area contributed by atoms with E-state index < -0.39 is 5.97 Å². The molecular formula is C15H12O4. The van der Waals surface area contributed by atoms with Crippen molar-refractivity contribution >= 4 is 11.9 Å². The lowest BCUT2D eigenvalue weighted by atomic mass is 10.1. The highest BCUT2D eigenvalue weighted by atomic mass is 16.5. The van der Waals surface area contributed by atoms with E-state index in [4.69, 9.17) is 4.74 Å². The highest BCUT2D eigenvalue weighted by Gasteiger charge is 2.08. The summed E-state index contributed by atoms with van der Waals surface area (Å²) in [5, 5.41) is 0. The van der Waals surface area contributed by atoms with Crippen LogP contribution in [0.15, 0.2) is 53.8 Å². The van der Waals surface area contributed by atoms with Crippen molar-refractivity contribution < 1.29 is 19.1 Å². The molecule has 0 bridgehead atoms. The van der Waals surface area contributed by atoms with Gasteiger partial charge in [-0.2, -0.15) is 0 Å². The normalized spacial score (nSPS) is 13.5. The number of methoxy groups -OCH3 is 1. The van der Waals surface area contributed by atoms with Crippen molar-refractivity contribution in [2.45, 2.75) is 6.42 Å². The lowest BCUT2D eigenvalue weighted by Crippen LogP contribution is -2.02. The first-order valence-corrected chi connectivity index (χ1v) is 5.71. The standard InChI is InChI=1S/C15H12O4/c1-18-15(17)12-5-3-7-14(9-12)19-13-6-2-4-11(8-13)10-16/h2-3,5-9H,4H2,1H3. The lowest BCUT2D eigenvalue weighted by Gasteiger charge is -2.10. The third-order valence-electron chi connectivity index (χ3n) is 2.56. The maximum absolute atomic E-state index is 11.4. The number of rotatable bonds is 3. The van der Waals surface area contributed by atoms with Crippen molar-refractivity contribution in [2.24, 2.45) is 0 Å². The molecule has 4 heteroatoms. The maximum Gasteiger partial charge on any atom is 0.337 e. The summed E-state index contributed by atoms with van der Waals surface area (Å²) in [6.07, 6.45) is 5.77. The minimum absolute atomic E-state index is 0.409. The second-order valence-corrected chi connectivity index (χ2v) is 3.90. The Morgan fingerprint density at radius 2 is 2.21 bits per heavy atom. The van der Waals surface area contributed by atoms with E-state index in [0.717, 1.165) is 0 Å². The molecule has 19 heavy (non-hydrogen) atoms. The summed E-state index contributed by atoms with van der Waals surface area (Å²) in [6.45, 7) is 0. The van der Waals surface area contributed by atoms with Crippen LogP contribution in [0.5, 0.6) is 5.75 Å². The van der Waals surface area contributed by atoms with Gasteiger partial charge in [0, 0.05) is 12.0 Å². The smallest absolute Gasteiger partial charge is 0.337 e. The number of hydrogen-bond acceptors (Lipinski definition) is 4. The minimum Gasteiger partial charge on any atom is -0.465 e. The van der Waals surface area contributed by atoms with Gasteiger partial charge in [-0.05, 0) is 30.4 Å². The molecule has 0 atom stereocenters. The Hall–Kier alpha value is -2.58. The van der Waals surface area contributed by atoms with Gasteiger partial charge in [0.2, 0.25) is 0 Å². The number of carbonyl (C=O) groups is 1. The predicted molar refractivity (Wildman–Crippen MR) is 69.5 cm³/mol. The number of hydrogen-bond donors (Lipinski definition) is 0. The molecule has 1 aromatic carbocycles. The van der Waals surface area contributed by atoms with E-state index in [1.165, 1.54) is 7.11 Å². The first-order valence-electron chi connectivity index (χ1n) is 5.71. The summed E-state index contributed by atoms with van der Waals surface area (Å²) < 4.78 is 10.2. The fourth-order valence-corrected chi connectivity index (χ4v) is 1.66. The monoisotopic (exact) mass is 256 g/mol. The molecule has 0 fully saturated rings. The van der Waals surface area contributed by atoms with E-state index in [9.17, 15) is 9.59 Å². The molecule has 2 rings (SSSR count). The second kappa shape index (κ2) is 5.85. The van der Waals surface area contributed by atoms with E-state index >= 15 is 0 Å². The van der Waals surface area contributed by atoms with Gasteiger partial charge < -0.3 is 9.47 Å². The summed E-state index contributed by atoms with van der Waals surface area (Å²) >= 11 is 0. The summed E-state index contributed by atoms with van der Waals surface area (Å²) in [5.74, 6) is 2.46. The molecule has 1 aliphatic rings. The van der Waals surface area contributed by atoms with E-state index in [2.05, 4.69) is 4.74 Å². The molecule has 0 unspecified atom stereocenters. The fourth-order valence-electron chi connectivity index (χ4n) is 1.66. The van der Waals surface area contributed by atoms with Crippen LogP contribution in [0, 0.1) is 0 Å². The van der Waals surface area contributed by atoms with Gasteiger partial charge in [0.25, 0.3) is 0 Å². The fraction of sp³-hybridized carbons (Fsp3) is 0.133. The lowest BCUT2D eigenvalue weighted by molar-refractivity contribution is 0.0600. The van der Waals surface area contributed by atoms with Crippen LogP contribution in [0.2, 0.25) is 0 Å². The zero-order valence-corrected chi connectivity index (χ0v) is 10.4. The molecule has 0 aliphatic heterocycles. The van der Waals surface area contributed by atoms with Crippen molar-refractivity contribution in [3.8, 4) is 5.75 Å². The average Bonchev–Trinajstić information content (AvgIpc) is 2.47. The Bertz CT molecular complexity index is 604. The maximum atomic E-state index is 11.4. The first-order chi connectivity index (χ1) is 9.22. The zero-order chi connectivity index (χ0) is 13.7. The topological polar surface area (TPSA) is 52.6 Å². The summed E-state index contributed by atoms with van der Waals surface area (Å²) in [7, 11) is 1.32. The SMILES string of the molecule is COC(=O)c1cccc(OC2=CC(=C=O)CC=C2)c1. The van der Waals surface area contributed by atoms with Gasteiger partial charge in [-0.1, -0.05) is 12.1 Å². The Labute approximate surface area is 110 Å². The van der Waals surface area contributed by atoms with Crippen LogP contribution < -0.4 is 4.74 Å². The molecule has 1 aliphatic carbocycles. The number of allylic oxidation sites excluding steroid dienone is 4. The third-order valence-corrected chi connectivity index (χ3v) is 2.56. The van der Waals surface area contributed by atoms with Crippen molar-refractivity contribution in [1.82, 2.24) is 0 Å². The van der Waals surface area contributed by atoms with Gasteiger partial charge in [-0.25, -0.2) is 9.59 Å². The van der Waals surface area contributed by atoms with Gasteiger partial charge in [0.05, 0.1) is 12.7 Å². The van der Waals surface area contributed by atoms with Gasteiger partial charge in [0.15, 0.2) is 0 Å². The van der Waals surface area contributed by atoms with Crippen LogP contribution in [0.1, 0.15) is 16.8 Å². The minimum atomic E-state index is -0.424. The average molecular weight is 256 g/mol. The van der Waals surface area contributed by atoms with Gasteiger partial charge in [-0.15, -0.1) is 0 Å². The molecule has 1 aromatic rings. The molecule has 0 saturated heterocycles. The van der Waals surface area contributed by atoms with Crippen LogP contribution in [-0.4, -0.2) is 19.0 Å². The van der Waals surface area contributed by atoms with Crippen molar-refractivity contribution in [3.63, 3.8) is 0 Å². The van der Waals surface area contributed by atoms with Crippen molar-refractivity contribution in [2.75, 3.05) is 7.11 Å². The molecule has 0 amide bonds. The third kappa shape index (κ3) is 3.21. The van der Waals surface area contributed by atoms with Crippen LogP contribution in [0.4, 0.5) is 0 Å². The molecule has 0 saturated carbocycles. The van der Waals surface area contributed by atoms with E-state index in [1.807, 2.05) is 12.0 Å². The molecule has 4 nitrogen and oxygen atoms in total. The Balaban J connectivity index is 2.20. The predicted octanol–water partition coefficient (Wildman–Crippen LogP) is 2.45. The first kappa shape index (κ1) is 12.9. The van der Waals surface area contributed by atoms with Crippen LogP contribution >= 0.6 is 0 Å². The molecule has 0 heterocycles. The molecular weight excluding hydrogens is 244 g/mol. The van der Waals surface area contributed by atoms with Crippen LogP contribution in [0.25, 0.3) is 0 Å². The summed E-state index contributed by atoms with van der Waals surface area (Å²) in [4.78, 5) is 22.0. The van der Waals surface area contributed by atoms with Crippen molar-refractivity contribution in [1.29, 1.82) is 0 Å². The van der Waals surface area contributed by atoms with Crippen molar-refractivity contribution in [3.05, 3.63) is 59.4 Å². The van der Waals surface area contributed by atoms with Crippen LogP contribution in [-0.2, 0) is 9.53 Å².